The molecule has 1 aliphatic carbocycles. The number of nitrogens with one attached hydrogen (secondary N) is 1. The summed E-state index contributed by atoms with van der Waals surface area (Å²) in [5, 5.41) is 2.75. The Hall–Kier alpha value is -3.85. The Morgan fingerprint density at radius 2 is 1.72 bits per heavy atom. The minimum absolute atomic E-state index is 0.122. The SMILES string of the molecule is O=C(NCCCN1CCC2(CC1)c1ccccc1-c1ccc(F)cc12)N1C(=O)OCC1c1ccc(F)c(F)c1. The first-order valence-corrected chi connectivity index (χ1v) is 13.2. The summed E-state index contributed by atoms with van der Waals surface area (Å²) in [4.78, 5) is 28.2. The highest BCUT2D eigenvalue weighted by Gasteiger charge is 2.45. The lowest BCUT2D eigenvalue weighted by molar-refractivity contribution is 0.157. The number of carbonyl (C=O) groups is 2. The van der Waals surface area contributed by atoms with E-state index in [1.165, 1.54) is 23.3 Å². The molecule has 2 aliphatic heterocycles. The second kappa shape index (κ2) is 10.0. The van der Waals surface area contributed by atoms with E-state index >= 15 is 0 Å². The van der Waals surface area contributed by atoms with E-state index in [0.717, 1.165) is 60.6 Å². The Bertz CT molecular complexity index is 1440. The van der Waals surface area contributed by atoms with Crippen molar-refractivity contribution in [2.24, 2.45) is 0 Å². The highest BCUT2D eigenvalue weighted by atomic mass is 19.2. The number of likely N-dealkylation sites (tertiary alicyclic amines) is 1. The molecule has 39 heavy (non-hydrogen) atoms. The Balaban J connectivity index is 1.04. The van der Waals surface area contributed by atoms with Crippen LogP contribution in [0.3, 0.4) is 0 Å². The molecular weight excluding hydrogens is 507 g/mol. The average Bonchev–Trinajstić information content (AvgIpc) is 3.45. The number of hydrogen-bond acceptors (Lipinski definition) is 4. The summed E-state index contributed by atoms with van der Waals surface area (Å²) in [6.07, 6.45) is 1.60. The number of imide groups is 1. The Kier molecular flexibility index (Phi) is 6.54. The highest BCUT2D eigenvalue weighted by Crippen LogP contribution is 2.54. The molecule has 2 heterocycles. The van der Waals surface area contributed by atoms with Gasteiger partial charge in [0.15, 0.2) is 11.6 Å². The van der Waals surface area contributed by atoms with Crippen LogP contribution in [0.2, 0.25) is 0 Å². The van der Waals surface area contributed by atoms with Crippen molar-refractivity contribution in [2.45, 2.75) is 30.7 Å². The van der Waals surface area contributed by atoms with Crippen molar-refractivity contribution in [1.82, 2.24) is 15.1 Å². The molecule has 0 aromatic heterocycles. The lowest BCUT2D eigenvalue weighted by Gasteiger charge is -2.41. The summed E-state index contributed by atoms with van der Waals surface area (Å²) >= 11 is 0. The summed E-state index contributed by atoms with van der Waals surface area (Å²) < 4.78 is 46.3. The van der Waals surface area contributed by atoms with Crippen LogP contribution in [0.15, 0.2) is 60.7 Å². The van der Waals surface area contributed by atoms with Gasteiger partial charge in [-0.25, -0.2) is 27.7 Å². The fourth-order valence-corrected chi connectivity index (χ4v) is 6.32. The zero-order valence-corrected chi connectivity index (χ0v) is 21.3. The number of carbonyl (C=O) groups excluding carboxylic acids is 2. The number of amides is 3. The second-order valence-electron chi connectivity index (χ2n) is 10.4. The Morgan fingerprint density at radius 1 is 0.949 bits per heavy atom. The number of ether oxygens (including phenoxy) is 1. The quantitative estimate of drug-likeness (QED) is 0.422. The van der Waals surface area contributed by atoms with Crippen LogP contribution in [0, 0.1) is 17.5 Å². The zero-order chi connectivity index (χ0) is 27.1. The number of rotatable bonds is 5. The standard InChI is InChI=1S/C30H28F3N3O3/c31-20-7-8-22-21-4-1-2-5-23(21)30(24(22)17-20)10-14-35(15-11-30)13-3-12-34-28(37)36-27(18-39-29(36)38)19-6-9-25(32)26(33)16-19/h1-2,4-9,16-17,27H,3,10-15,18H2,(H,34,37). The van der Waals surface area contributed by atoms with Crippen molar-refractivity contribution in [3.05, 3.63) is 94.8 Å². The maximum Gasteiger partial charge on any atom is 0.418 e. The molecule has 6 rings (SSSR count). The number of hydrogen-bond donors (Lipinski definition) is 1. The molecule has 202 valence electrons. The van der Waals surface area contributed by atoms with Crippen molar-refractivity contribution < 1.29 is 27.5 Å². The first-order chi connectivity index (χ1) is 18.9. The van der Waals surface area contributed by atoms with Crippen LogP contribution in [0.1, 0.15) is 42.0 Å². The van der Waals surface area contributed by atoms with Crippen molar-refractivity contribution >= 4 is 12.1 Å². The van der Waals surface area contributed by atoms with E-state index in [4.69, 9.17) is 4.74 Å². The molecule has 2 saturated heterocycles. The third-order valence-corrected chi connectivity index (χ3v) is 8.29. The minimum atomic E-state index is -1.05. The molecule has 3 aromatic rings. The van der Waals surface area contributed by atoms with Crippen LogP contribution in [0.5, 0.6) is 0 Å². The largest absolute Gasteiger partial charge is 0.446 e. The van der Waals surface area contributed by atoms with Crippen molar-refractivity contribution in [1.29, 1.82) is 0 Å². The molecule has 1 unspecified atom stereocenters. The van der Waals surface area contributed by atoms with Crippen LogP contribution in [0.4, 0.5) is 22.8 Å². The van der Waals surface area contributed by atoms with E-state index in [1.807, 2.05) is 18.2 Å². The molecule has 3 aliphatic rings. The molecular formula is C30H28F3N3O3. The van der Waals surface area contributed by atoms with Crippen LogP contribution in [-0.2, 0) is 10.2 Å². The van der Waals surface area contributed by atoms with Crippen LogP contribution >= 0.6 is 0 Å². The minimum Gasteiger partial charge on any atom is -0.446 e. The van der Waals surface area contributed by atoms with E-state index in [9.17, 15) is 22.8 Å². The van der Waals surface area contributed by atoms with Crippen LogP contribution < -0.4 is 5.32 Å². The van der Waals surface area contributed by atoms with Gasteiger partial charge in [-0.05, 0) is 91.0 Å². The molecule has 9 heteroatoms. The summed E-state index contributed by atoms with van der Waals surface area (Å²) in [5.74, 6) is -2.27. The monoisotopic (exact) mass is 535 g/mol. The average molecular weight is 536 g/mol. The number of benzene rings is 3. The van der Waals surface area contributed by atoms with Crippen LogP contribution in [-0.4, -0.2) is 54.7 Å². The second-order valence-corrected chi connectivity index (χ2v) is 10.4. The third kappa shape index (κ3) is 4.44. The molecule has 0 saturated carbocycles. The van der Waals surface area contributed by atoms with Crippen LogP contribution in [0.25, 0.3) is 11.1 Å². The van der Waals surface area contributed by atoms with E-state index in [0.29, 0.717) is 13.0 Å². The predicted octanol–water partition coefficient (Wildman–Crippen LogP) is 5.76. The third-order valence-electron chi connectivity index (χ3n) is 8.29. The van der Waals surface area contributed by atoms with Gasteiger partial charge < -0.3 is 15.0 Å². The summed E-state index contributed by atoms with van der Waals surface area (Å²) in [6, 6.07) is 15.3. The lowest BCUT2D eigenvalue weighted by atomic mass is 9.71. The Labute approximate surface area is 224 Å². The molecule has 6 nitrogen and oxygen atoms in total. The highest BCUT2D eigenvalue weighted by molar-refractivity contribution is 5.92. The van der Waals surface area contributed by atoms with Gasteiger partial charge in [-0.1, -0.05) is 36.4 Å². The summed E-state index contributed by atoms with van der Waals surface area (Å²) in [7, 11) is 0. The van der Waals surface area contributed by atoms with Gasteiger partial charge in [0, 0.05) is 12.0 Å². The van der Waals surface area contributed by atoms with Gasteiger partial charge in [0.25, 0.3) is 0 Å². The van der Waals surface area contributed by atoms with Crippen molar-refractivity contribution in [3.8, 4) is 11.1 Å². The fourth-order valence-electron chi connectivity index (χ4n) is 6.32. The first-order valence-electron chi connectivity index (χ1n) is 13.2. The Morgan fingerprint density at radius 3 is 2.51 bits per heavy atom. The zero-order valence-electron chi connectivity index (χ0n) is 21.3. The van der Waals surface area contributed by atoms with Gasteiger partial charge in [-0.3, -0.25) is 0 Å². The van der Waals surface area contributed by atoms with Gasteiger partial charge in [-0.2, -0.15) is 0 Å². The van der Waals surface area contributed by atoms with E-state index in [-0.39, 0.29) is 23.4 Å². The van der Waals surface area contributed by atoms with Gasteiger partial charge >= 0.3 is 12.1 Å². The smallest absolute Gasteiger partial charge is 0.418 e. The number of fused-ring (bicyclic) bond motifs is 5. The molecule has 1 atom stereocenters. The predicted molar refractivity (Wildman–Crippen MR) is 139 cm³/mol. The molecule has 0 radical (unpaired) electrons. The molecule has 3 amide bonds. The molecule has 2 fully saturated rings. The lowest BCUT2D eigenvalue weighted by Crippen LogP contribution is -2.44. The maximum absolute atomic E-state index is 14.3. The van der Waals surface area contributed by atoms with Gasteiger partial charge in [-0.15, -0.1) is 0 Å². The number of piperidine rings is 1. The molecule has 3 aromatic carbocycles. The number of urea groups is 1. The van der Waals surface area contributed by atoms with E-state index < -0.39 is 29.8 Å². The first kappa shape index (κ1) is 25.4. The topological polar surface area (TPSA) is 61.9 Å². The fraction of sp³-hybridized carbons (Fsp3) is 0.333. The maximum atomic E-state index is 14.3. The van der Waals surface area contributed by atoms with E-state index in [2.05, 4.69) is 22.3 Å². The summed E-state index contributed by atoms with van der Waals surface area (Å²) in [5.41, 5.74) is 4.74. The van der Waals surface area contributed by atoms with Gasteiger partial charge in [0.1, 0.15) is 18.5 Å². The van der Waals surface area contributed by atoms with Crippen molar-refractivity contribution in [3.63, 3.8) is 0 Å². The number of nitrogens with zero attached hydrogens (tertiary/aromatic N) is 2. The van der Waals surface area contributed by atoms with Crippen molar-refractivity contribution in [2.75, 3.05) is 32.8 Å². The molecule has 0 bridgehead atoms. The normalized spacial score (nSPS) is 19.6. The molecule has 1 spiro atoms. The molecule has 1 N–H and O–H groups in total. The summed E-state index contributed by atoms with van der Waals surface area (Å²) in [6.45, 7) is 2.66. The number of cyclic esters (lactones) is 1. The number of halogens is 3. The van der Waals surface area contributed by atoms with Gasteiger partial charge in [0.05, 0.1) is 0 Å². The van der Waals surface area contributed by atoms with E-state index in [1.54, 1.807) is 6.07 Å². The van der Waals surface area contributed by atoms with Gasteiger partial charge in [0.2, 0.25) is 0 Å².